The van der Waals surface area contributed by atoms with Crippen LogP contribution in [0.3, 0.4) is 0 Å². The fourth-order valence-electron chi connectivity index (χ4n) is 4.44. The van der Waals surface area contributed by atoms with Crippen molar-refractivity contribution in [3.8, 4) is 0 Å². The van der Waals surface area contributed by atoms with E-state index in [9.17, 15) is 0 Å². The summed E-state index contributed by atoms with van der Waals surface area (Å²) in [5, 5.41) is 3.52. The minimum absolute atomic E-state index is 0.270. The highest BCUT2D eigenvalue weighted by Crippen LogP contribution is 2.44. The SMILES string of the molecule is C=C(NC(C)C)C(C(C)C)N(C)C(=C)C1CCCC1c1ccccc1. The van der Waals surface area contributed by atoms with Crippen molar-refractivity contribution in [1.82, 2.24) is 10.2 Å². The Balaban J connectivity index is 2.17. The lowest BCUT2D eigenvalue weighted by Gasteiger charge is -2.39. The summed E-state index contributed by atoms with van der Waals surface area (Å²) in [5.74, 6) is 1.60. The van der Waals surface area contributed by atoms with Gasteiger partial charge < -0.3 is 10.2 Å². The van der Waals surface area contributed by atoms with Gasteiger partial charge in [0.1, 0.15) is 0 Å². The lowest BCUT2D eigenvalue weighted by atomic mass is 9.85. The molecule has 3 unspecified atom stereocenters. The van der Waals surface area contributed by atoms with Gasteiger partial charge in [0.2, 0.25) is 0 Å². The number of nitrogens with zero attached hydrogens (tertiary/aromatic N) is 1. The van der Waals surface area contributed by atoms with Gasteiger partial charge in [0.25, 0.3) is 0 Å². The van der Waals surface area contributed by atoms with Gasteiger partial charge in [-0.2, -0.15) is 0 Å². The summed E-state index contributed by atoms with van der Waals surface area (Å²) in [4.78, 5) is 2.38. The molecule has 138 valence electrons. The molecule has 0 amide bonds. The molecule has 1 aliphatic rings. The smallest absolute Gasteiger partial charge is 0.0698 e. The molecule has 25 heavy (non-hydrogen) atoms. The molecule has 0 aliphatic heterocycles. The third-order valence-corrected chi connectivity index (χ3v) is 5.50. The van der Waals surface area contributed by atoms with Crippen LogP contribution in [0.4, 0.5) is 0 Å². The Morgan fingerprint density at radius 1 is 1.08 bits per heavy atom. The van der Waals surface area contributed by atoms with Gasteiger partial charge in [0, 0.05) is 30.4 Å². The maximum atomic E-state index is 4.53. The molecule has 0 radical (unpaired) electrons. The van der Waals surface area contributed by atoms with Crippen LogP contribution in [0, 0.1) is 11.8 Å². The van der Waals surface area contributed by atoms with Crippen molar-refractivity contribution in [1.29, 1.82) is 0 Å². The Morgan fingerprint density at radius 3 is 2.28 bits per heavy atom. The zero-order valence-electron chi connectivity index (χ0n) is 16.8. The quantitative estimate of drug-likeness (QED) is 0.667. The molecule has 0 bridgehead atoms. The normalized spacial score (nSPS) is 21.4. The van der Waals surface area contributed by atoms with Crippen LogP contribution in [0.2, 0.25) is 0 Å². The molecule has 2 nitrogen and oxygen atoms in total. The van der Waals surface area contributed by atoms with Crippen LogP contribution in [0.5, 0.6) is 0 Å². The van der Waals surface area contributed by atoms with Crippen molar-refractivity contribution in [3.05, 3.63) is 60.4 Å². The van der Waals surface area contributed by atoms with E-state index in [2.05, 4.69) is 88.4 Å². The number of hydrogen-bond donors (Lipinski definition) is 1. The topological polar surface area (TPSA) is 15.3 Å². The van der Waals surface area contributed by atoms with Crippen molar-refractivity contribution in [2.24, 2.45) is 11.8 Å². The number of rotatable bonds is 8. The molecule has 0 spiro atoms. The molecule has 1 N–H and O–H groups in total. The van der Waals surface area contributed by atoms with E-state index in [0.717, 1.165) is 5.70 Å². The molecule has 2 rings (SSSR count). The molecular weight excluding hydrogens is 304 g/mol. The lowest BCUT2D eigenvalue weighted by Crippen LogP contribution is -2.43. The standard InChI is InChI=1S/C23H36N2/c1-16(2)23(18(5)24-17(3)4)25(7)19(6)21-14-11-15-22(21)20-12-9-8-10-13-20/h8-10,12-13,16-17,21-24H,5-6,11,14-15H2,1-4,7H3. The van der Waals surface area contributed by atoms with Gasteiger partial charge in [0.15, 0.2) is 0 Å². The number of benzene rings is 1. The van der Waals surface area contributed by atoms with Gasteiger partial charge >= 0.3 is 0 Å². The monoisotopic (exact) mass is 340 g/mol. The third kappa shape index (κ3) is 4.68. The van der Waals surface area contributed by atoms with E-state index in [4.69, 9.17) is 0 Å². The minimum atomic E-state index is 0.270. The lowest BCUT2D eigenvalue weighted by molar-refractivity contribution is 0.234. The van der Waals surface area contributed by atoms with Crippen LogP contribution in [0.25, 0.3) is 0 Å². The fourth-order valence-corrected chi connectivity index (χ4v) is 4.44. The van der Waals surface area contributed by atoms with Gasteiger partial charge in [0.05, 0.1) is 6.04 Å². The number of hydrogen-bond acceptors (Lipinski definition) is 2. The largest absolute Gasteiger partial charge is 0.385 e. The Hall–Kier alpha value is -1.70. The zero-order valence-corrected chi connectivity index (χ0v) is 16.8. The molecular formula is C23H36N2. The summed E-state index contributed by atoms with van der Waals surface area (Å²) in [7, 11) is 2.19. The summed E-state index contributed by atoms with van der Waals surface area (Å²) in [6.45, 7) is 17.7. The van der Waals surface area contributed by atoms with E-state index in [1.54, 1.807) is 0 Å². The number of allylic oxidation sites excluding steroid dienone is 1. The van der Waals surface area contributed by atoms with Crippen LogP contribution in [0.15, 0.2) is 54.9 Å². The molecule has 1 fully saturated rings. The Labute approximate surface area is 155 Å². The zero-order chi connectivity index (χ0) is 18.6. The van der Waals surface area contributed by atoms with Gasteiger partial charge in [-0.3, -0.25) is 0 Å². The van der Waals surface area contributed by atoms with Crippen LogP contribution in [0.1, 0.15) is 58.4 Å². The average molecular weight is 341 g/mol. The second kappa shape index (κ2) is 8.60. The van der Waals surface area contributed by atoms with Gasteiger partial charge in [-0.05, 0) is 44.1 Å². The summed E-state index contributed by atoms with van der Waals surface area (Å²) < 4.78 is 0. The van der Waals surface area contributed by atoms with E-state index in [-0.39, 0.29) is 6.04 Å². The van der Waals surface area contributed by atoms with Crippen LogP contribution in [-0.2, 0) is 0 Å². The minimum Gasteiger partial charge on any atom is -0.385 e. The van der Waals surface area contributed by atoms with Crippen LogP contribution < -0.4 is 5.32 Å². The van der Waals surface area contributed by atoms with Crippen molar-refractivity contribution in [3.63, 3.8) is 0 Å². The van der Waals surface area contributed by atoms with E-state index in [1.165, 1.54) is 30.5 Å². The highest BCUT2D eigenvalue weighted by molar-refractivity contribution is 5.25. The first kappa shape index (κ1) is 19.6. The van der Waals surface area contributed by atoms with Gasteiger partial charge in [-0.1, -0.05) is 63.8 Å². The Kier molecular flexibility index (Phi) is 6.75. The molecule has 3 atom stereocenters. The molecule has 1 aromatic carbocycles. The maximum absolute atomic E-state index is 4.53. The average Bonchev–Trinajstić information content (AvgIpc) is 3.03. The second-order valence-corrected chi connectivity index (χ2v) is 8.17. The van der Waals surface area contributed by atoms with E-state index < -0.39 is 0 Å². The number of likely N-dealkylation sites (N-methyl/N-ethyl adjacent to an activating group) is 1. The van der Waals surface area contributed by atoms with Gasteiger partial charge in [-0.25, -0.2) is 0 Å². The Morgan fingerprint density at radius 2 is 1.72 bits per heavy atom. The van der Waals surface area contributed by atoms with E-state index in [0.29, 0.717) is 23.8 Å². The molecule has 0 aromatic heterocycles. The Bertz CT molecular complexity index is 573. The molecule has 0 saturated heterocycles. The first-order valence-electron chi connectivity index (χ1n) is 9.74. The summed E-state index contributed by atoms with van der Waals surface area (Å²) in [5.41, 5.74) is 3.82. The third-order valence-electron chi connectivity index (χ3n) is 5.50. The van der Waals surface area contributed by atoms with Crippen molar-refractivity contribution in [2.75, 3.05) is 7.05 Å². The molecule has 1 aromatic rings. The fraction of sp³-hybridized carbons (Fsp3) is 0.565. The highest BCUT2D eigenvalue weighted by Gasteiger charge is 2.34. The van der Waals surface area contributed by atoms with E-state index >= 15 is 0 Å². The first-order valence-corrected chi connectivity index (χ1v) is 9.74. The molecule has 1 saturated carbocycles. The highest BCUT2D eigenvalue weighted by atomic mass is 15.2. The van der Waals surface area contributed by atoms with Crippen LogP contribution in [-0.4, -0.2) is 24.0 Å². The van der Waals surface area contributed by atoms with Crippen molar-refractivity contribution < 1.29 is 0 Å². The predicted octanol–water partition coefficient (Wildman–Crippen LogP) is 5.55. The predicted molar refractivity (Wildman–Crippen MR) is 109 cm³/mol. The van der Waals surface area contributed by atoms with Crippen molar-refractivity contribution in [2.45, 2.75) is 65.0 Å². The summed E-state index contributed by atoms with van der Waals surface area (Å²) >= 11 is 0. The molecule has 0 heterocycles. The molecule has 1 aliphatic carbocycles. The molecule has 2 heteroatoms. The first-order chi connectivity index (χ1) is 11.8. The van der Waals surface area contributed by atoms with Gasteiger partial charge in [-0.15, -0.1) is 0 Å². The van der Waals surface area contributed by atoms with Crippen LogP contribution >= 0.6 is 0 Å². The summed E-state index contributed by atoms with van der Waals surface area (Å²) in [6.07, 6.45) is 3.78. The second-order valence-electron chi connectivity index (χ2n) is 8.17. The van der Waals surface area contributed by atoms with E-state index in [1.807, 2.05) is 0 Å². The maximum Gasteiger partial charge on any atom is 0.0698 e. The summed E-state index contributed by atoms with van der Waals surface area (Å²) in [6, 6.07) is 11.6. The van der Waals surface area contributed by atoms with Crippen molar-refractivity contribution >= 4 is 0 Å². The number of nitrogens with one attached hydrogen (secondary N) is 1.